The van der Waals surface area contributed by atoms with E-state index < -0.39 is 6.04 Å². The van der Waals surface area contributed by atoms with Crippen molar-refractivity contribution >= 4 is 5.78 Å². The number of carbonyl (C=O) groups is 1. The number of nitrogens with zero attached hydrogens (tertiary/aromatic N) is 4. The molecule has 3 rings (SSSR count). The number of hydrogen-bond acceptors (Lipinski definition) is 4. The topological polar surface area (TPSA) is 60.7 Å². The van der Waals surface area contributed by atoms with Crippen molar-refractivity contribution in [2.75, 3.05) is 0 Å². The summed E-state index contributed by atoms with van der Waals surface area (Å²) in [7, 11) is 0. The number of Topliss-reactive ketones (excluding diaryl/α,β-unsaturated/α-hetero) is 1. The SMILES string of the molecule is Cc1ccc(C)c(C(=O)[C@H](C)n2nnc(-c3ccccc3C)n2)c1. The van der Waals surface area contributed by atoms with E-state index in [0.29, 0.717) is 11.4 Å². The number of ketones is 1. The second-order valence-corrected chi connectivity index (χ2v) is 6.11. The summed E-state index contributed by atoms with van der Waals surface area (Å²) in [6, 6.07) is 13.2. The van der Waals surface area contributed by atoms with Gasteiger partial charge in [0.1, 0.15) is 6.04 Å². The molecule has 0 fully saturated rings. The van der Waals surface area contributed by atoms with E-state index in [4.69, 9.17) is 0 Å². The summed E-state index contributed by atoms with van der Waals surface area (Å²) in [5.74, 6) is 0.527. The second kappa shape index (κ2) is 6.35. The summed E-state index contributed by atoms with van der Waals surface area (Å²) in [6.45, 7) is 7.71. The first-order chi connectivity index (χ1) is 11.5. The maximum Gasteiger partial charge on any atom is 0.205 e. The zero-order valence-electron chi connectivity index (χ0n) is 14.3. The summed E-state index contributed by atoms with van der Waals surface area (Å²) in [4.78, 5) is 14.2. The summed E-state index contributed by atoms with van der Waals surface area (Å²) in [5.41, 5.74) is 4.72. The third kappa shape index (κ3) is 2.97. The number of hydrogen-bond donors (Lipinski definition) is 0. The molecule has 5 nitrogen and oxygen atoms in total. The molecule has 0 saturated heterocycles. The van der Waals surface area contributed by atoms with Gasteiger partial charge in [-0.3, -0.25) is 4.79 Å². The van der Waals surface area contributed by atoms with Crippen LogP contribution in [0.1, 0.15) is 40.0 Å². The predicted molar refractivity (Wildman–Crippen MR) is 92.9 cm³/mol. The normalized spacial score (nSPS) is 12.2. The molecule has 0 saturated carbocycles. The smallest absolute Gasteiger partial charge is 0.205 e. The van der Waals surface area contributed by atoms with Crippen molar-refractivity contribution in [3.05, 3.63) is 64.7 Å². The average molecular weight is 320 g/mol. The van der Waals surface area contributed by atoms with Crippen LogP contribution in [0.3, 0.4) is 0 Å². The van der Waals surface area contributed by atoms with E-state index >= 15 is 0 Å². The van der Waals surface area contributed by atoms with Crippen LogP contribution in [0.4, 0.5) is 0 Å². The monoisotopic (exact) mass is 320 g/mol. The Hall–Kier alpha value is -2.82. The number of aromatic nitrogens is 4. The van der Waals surface area contributed by atoms with E-state index in [2.05, 4.69) is 15.4 Å². The van der Waals surface area contributed by atoms with Crippen LogP contribution >= 0.6 is 0 Å². The minimum atomic E-state index is -0.504. The minimum absolute atomic E-state index is 0.00932. The highest BCUT2D eigenvalue weighted by Crippen LogP contribution is 2.21. The highest BCUT2D eigenvalue weighted by Gasteiger charge is 2.22. The van der Waals surface area contributed by atoms with Crippen LogP contribution < -0.4 is 0 Å². The van der Waals surface area contributed by atoms with Crippen LogP contribution in [0.25, 0.3) is 11.4 Å². The fraction of sp³-hybridized carbons (Fsp3) is 0.263. The van der Waals surface area contributed by atoms with Crippen LogP contribution in [0.2, 0.25) is 0 Å². The highest BCUT2D eigenvalue weighted by atomic mass is 16.1. The molecule has 2 aromatic carbocycles. The molecule has 122 valence electrons. The largest absolute Gasteiger partial charge is 0.292 e. The van der Waals surface area contributed by atoms with Crippen molar-refractivity contribution in [3.8, 4) is 11.4 Å². The van der Waals surface area contributed by atoms with E-state index in [1.807, 2.05) is 63.2 Å². The molecule has 0 unspecified atom stereocenters. The van der Waals surface area contributed by atoms with E-state index in [1.165, 1.54) is 4.80 Å². The Morgan fingerprint density at radius 2 is 1.79 bits per heavy atom. The Bertz CT molecular complexity index is 898. The van der Waals surface area contributed by atoms with Crippen LogP contribution in [0.15, 0.2) is 42.5 Å². The Labute approximate surface area is 141 Å². The highest BCUT2D eigenvalue weighted by molar-refractivity contribution is 6.00. The number of aryl methyl sites for hydroxylation is 3. The molecule has 0 spiro atoms. The van der Waals surface area contributed by atoms with Gasteiger partial charge in [0.2, 0.25) is 5.82 Å². The average Bonchev–Trinajstić information content (AvgIpc) is 3.06. The van der Waals surface area contributed by atoms with E-state index in [1.54, 1.807) is 6.92 Å². The van der Waals surface area contributed by atoms with Gasteiger partial charge in [-0.25, -0.2) is 0 Å². The molecular weight excluding hydrogens is 300 g/mol. The quantitative estimate of drug-likeness (QED) is 0.688. The molecule has 0 amide bonds. The number of carbonyl (C=O) groups excluding carboxylic acids is 1. The van der Waals surface area contributed by atoms with Crippen molar-refractivity contribution in [3.63, 3.8) is 0 Å². The van der Waals surface area contributed by atoms with Crippen molar-refractivity contribution in [2.45, 2.75) is 33.7 Å². The van der Waals surface area contributed by atoms with E-state index in [0.717, 1.165) is 22.3 Å². The van der Waals surface area contributed by atoms with Gasteiger partial charge in [0.05, 0.1) is 0 Å². The van der Waals surface area contributed by atoms with Gasteiger partial charge < -0.3 is 0 Å². The predicted octanol–water partition coefficient (Wildman–Crippen LogP) is 3.71. The zero-order valence-corrected chi connectivity index (χ0v) is 14.3. The molecule has 0 bridgehead atoms. The fourth-order valence-electron chi connectivity index (χ4n) is 2.65. The summed E-state index contributed by atoms with van der Waals surface area (Å²) in [5, 5.41) is 12.6. The lowest BCUT2D eigenvalue weighted by Crippen LogP contribution is -2.20. The molecule has 0 aliphatic carbocycles. The molecule has 5 heteroatoms. The fourth-order valence-corrected chi connectivity index (χ4v) is 2.65. The van der Waals surface area contributed by atoms with Gasteiger partial charge in [-0.05, 0) is 50.1 Å². The molecule has 0 aliphatic rings. The third-order valence-corrected chi connectivity index (χ3v) is 4.20. The molecule has 1 atom stereocenters. The summed E-state index contributed by atoms with van der Waals surface area (Å²) >= 11 is 0. The van der Waals surface area contributed by atoms with E-state index in [9.17, 15) is 4.79 Å². The van der Waals surface area contributed by atoms with Crippen molar-refractivity contribution in [1.82, 2.24) is 20.2 Å². The Kier molecular flexibility index (Phi) is 4.25. The van der Waals surface area contributed by atoms with Gasteiger partial charge >= 0.3 is 0 Å². The first-order valence-corrected chi connectivity index (χ1v) is 7.94. The van der Waals surface area contributed by atoms with Gasteiger partial charge in [-0.15, -0.1) is 10.2 Å². The lowest BCUT2D eigenvalue weighted by atomic mass is 9.98. The zero-order chi connectivity index (χ0) is 17.3. The van der Waals surface area contributed by atoms with E-state index in [-0.39, 0.29) is 5.78 Å². The molecule has 0 radical (unpaired) electrons. The Balaban J connectivity index is 1.91. The number of rotatable bonds is 4. The van der Waals surface area contributed by atoms with Crippen molar-refractivity contribution in [1.29, 1.82) is 0 Å². The van der Waals surface area contributed by atoms with Crippen LogP contribution in [0, 0.1) is 20.8 Å². The summed E-state index contributed by atoms with van der Waals surface area (Å²) < 4.78 is 0. The first kappa shape index (κ1) is 16.1. The molecular formula is C19H20N4O. The minimum Gasteiger partial charge on any atom is -0.292 e. The molecule has 24 heavy (non-hydrogen) atoms. The van der Waals surface area contributed by atoms with Gasteiger partial charge in [-0.1, -0.05) is 42.0 Å². The van der Waals surface area contributed by atoms with Gasteiger partial charge in [0, 0.05) is 11.1 Å². The van der Waals surface area contributed by atoms with Gasteiger partial charge in [0.15, 0.2) is 5.78 Å². The lowest BCUT2D eigenvalue weighted by Gasteiger charge is -2.11. The Morgan fingerprint density at radius 1 is 1.04 bits per heavy atom. The lowest BCUT2D eigenvalue weighted by molar-refractivity contribution is 0.0917. The second-order valence-electron chi connectivity index (χ2n) is 6.11. The summed E-state index contributed by atoms with van der Waals surface area (Å²) in [6.07, 6.45) is 0. The van der Waals surface area contributed by atoms with Crippen LogP contribution in [0.5, 0.6) is 0 Å². The Morgan fingerprint density at radius 3 is 2.54 bits per heavy atom. The molecule has 1 aromatic heterocycles. The maximum atomic E-state index is 12.8. The van der Waals surface area contributed by atoms with Gasteiger partial charge in [-0.2, -0.15) is 4.80 Å². The molecule has 0 aliphatic heterocycles. The number of tetrazole rings is 1. The van der Waals surface area contributed by atoms with Crippen molar-refractivity contribution in [2.24, 2.45) is 0 Å². The standard InChI is InChI=1S/C19H20N4O/c1-12-9-10-14(3)17(11-12)18(24)15(4)23-21-19(20-22-23)16-8-6-5-7-13(16)2/h5-11,15H,1-4H3/t15-/m0/s1. The van der Waals surface area contributed by atoms with Crippen molar-refractivity contribution < 1.29 is 4.79 Å². The van der Waals surface area contributed by atoms with Gasteiger partial charge in [0.25, 0.3) is 0 Å². The maximum absolute atomic E-state index is 12.8. The first-order valence-electron chi connectivity index (χ1n) is 7.94. The number of benzene rings is 2. The van der Waals surface area contributed by atoms with Crippen LogP contribution in [-0.4, -0.2) is 26.0 Å². The van der Waals surface area contributed by atoms with Crippen LogP contribution in [-0.2, 0) is 0 Å². The third-order valence-electron chi connectivity index (χ3n) is 4.20. The molecule has 3 aromatic rings. The molecule has 1 heterocycles. The molecule has 0 N–H and O–H groups in total.